The smallest absolute Gasteiger partial charge is 0.222 e. The standard InChI is InChI=1S/C16H25N3O3S/c1-18(2)15-6-3-13(4-7-15)5-8-16(20)19-10-9-14(11-19)12-23(17,21)22/h3-4,6-7,14H,5,8-12H2,1-2H3,(H2,17,21,22). The fraction of sp³-hybridized carbons (Fsp3) is 0.562. The average Bonchev–Trinajstić information content (AvgIpc) is 2.91. The molecule has 1 aromatic rings. The lowest BCUT2D eigenvalue weighted by Crippen LogP contribution is -2.30. The summed E-state index contributed by atoms with van der Waals surface area (Å²) in [5, 5.41) is 5.07. The van der Waals surface area contributed by atoms with E-state index in [4.69, 9.17) is 5.14 Å². The number of carbonyl (C=O) groups is 1. The monoisotopic (exact) mass is 339 g/mol. The summed E-state index contributed by atoms with van der Waals surface area (Å²) < 4.78 is 22.2. The molecule has 7 heteroatoms. The molecule has 0 saturated carbocycles. The lowest BCUT2D eigenvalue weighted by molar-refractivity contribution is -0.130. The third-order valence-electron chi connectivity index (χ3n) is 4.19. The van der Waals surface area contributed by atoms with Crippen molar-refractivity contribution in [2.24, 2.45) is 11.1 Å². The number of aryl methyl sites for hydroxylation is 1. The second-order valence-corrected chi connectivity index (χ2v) is 8.04. The first-order valence-corrected chi connectivity index (χ1v) is 9.50. The van der Waals surface area contributed by atoms with Gasteiger partial charge in [0.2, 0.25) is 15.9 Å². The van der Waals surface area contributed by atoms with Crippen LogP contribution >= 0.6 is 0 Å². The molecule has 1 atom stereocenters. The first-order chi connectivity index (χ1) is 10.7. The molecule has 0 bridgehead atoms. The topological polar surface area (TPSA) is 83.7 Å². The molecule has 6 nitrogen and oxygen atoms in total. The summed E-state index contributed by atoms with van der Waals surface area (Å²) in [6.07, 6.45) is 1.85. The van der Waals surface area contributed by atoms with Crippen LogP contribution in [-0.4, -0.2) is 52.2 Å². The Morgan fingerprint density at radius 1 is 1.30 bits per heavy atom. The largest absolute Gasteiger partial charge is 0.378 e. The van der Waals surface area contributed by atoms with E-state index in [-0.39, 0.29) is 17.6 Å². The highest BCUT2D eigenvalue weighted by atomic mass is 32.2. The van der Waals surface area contributed by atoms with Crippen molar-refractivity contribution in [2.75, 3.05) is 37.8 Å². The number of primary sulfonamides is 1. The molecule has 0 aromatic heterocycles. The number of amides is 1. The Bertz CT molecular complexity index is 641. The van der Waals surface area contributed by atoms with Crippen LogP contribution in [0.25, 0.3) is 0 Å². The van der Waals surface area contributed by atoms with Gasteiger partial charge in [0, 0.05) is 39.3 Å². The number of hydrogen-bond donors (Lipinski definition) is 1. The summed E-state index contributed by atoms with van der Waals surface area (Å²) in [5.74, 6) is 0.00917. The minimum Gasteiger partial charge on any atom is -0.378 e. The Balaban J connectivity index is 1.81. The molecular weight excluding hydrogens is 314 g/mol. The molecule has 1 heterocycles. The van der Waals surface area contributed by atoms with Gasteiger partial charge < -0.3 is 9.80 Å². The molecule has 2 rings (SSSR count). The van der Waals surface area contributed by atoms with Crippen molar-refractivity contribution < 1.29 is 13.2 Å². The van der Waals surface area contributed by atoms with E-state index in [1.165, 1.54) is 0 Å². The number of benzene rings is 1. The van der Waals surface area contributed by atoms with E-state index in [0.29, 0.717) is 32.4 Å². The van der Waals surface area contributed by atoms with Crippen molar-refractivity contribution in [3.05, 3.63) is 29.8 Å². The van der Waals surface area contributed by atoms with Crippen LogP contribution in [0.4, 0.5) is 5.69 Å². The molecule has 1 fully saturated rings. The van der Waals surface area contributed by atoms with Crippen LogP contribution in [0.3, 0.4) is 0 Å². The number of hydrogen-bond acceptors (Lipinski definition) is 4. The minimum absolute atomic E-state index is 0.0340. The number of carbonyl (C=O) groups excluding carboxylic acids is 1. The number of anilines is 1. The predicted molar refractivity (Wildman–Crippen MR) is 91.8 cm³/mol. The summed E-state index contributed by atoms with van der Waals surface area (Å²) in [6, 6.07) is 8.16. The van der Waals surface area contributed by atoms with E-state index in [9.17, 15) is 13.2 Å². The summed E-state index contributed by atoms with van der Waals surface area (Å²) in [6.45, 7) is 1.12. The molecule has 1 saturated heterocycles. The van der Waals surface area contributed by atoms with Gasteiger partial charge in [-0.25, -0.2) is 13.6 Å². The molecule has 128 valence electrons. The quantitative estimate of drug-likeness (QED) is 0.832. The van der Waals surface area contributed by atoms with Crippen LogP contribution in [0.5, 0.6) is 0 Å². The fourth-order valence-electron chi connectivity index (χ4n) is 2.89. The molecule has 0 aliphatic carbocycles. The normalized spacial score (nSPS) is 18.2. The Labute approximate surface area is 138 Å². The second-order valence-electron chi connectivity index (χ2n) is 6.38. The summed E-state index contributed by atoms with van der Waals surface area (Å²) in [7, 11) is 0.515. The van der Waals surface area contributed by atoms with Crippen molar-refractivity contribution >= 4 is 21.6 Å². The third-order valence-corrected chi connectivity index (χ3v) is 5.12. The first kappa shape index (κ1) is 17.7. The highest BCUT2D eigenvalue weighted by Gasteiger charge is 2.28. The number of nitrogens with zero attached hydrogens (tertiary/aromatic N) is 2. The summed E-state index contributed by atoms with van der Waals surface area (Å²) in [4.78, 5) is 16.0. The minimum atomic E-state index is -3.47. The predicted octanol–water partition coefficient (Wildman–Crippen LogP) is 0.822. The van der Waals surface area contributed by atoms with Crippen molar-refractivity contribution in [1.82, 2.24) is 4.90 Å². The molecule has 2 N–H and O–H groups in total. The number of rotatable bonds is 6. The second kappa shape index (κ2) is 7.31. The van der Waals surface area contributed by atoms with E-state index < -0.39 is 10.0 Å². The molecule has 1 unspecified atom stereocenters. The van der Waals surface area contributed by atoms with Crippen LogP contribution in [0.2, 0.25) is 0 Å². The van der Waals surface area contributed by atoms with Crippen molar-refractivity contribution in [1.29, 1.82) is 0 Å². The zero-order valence-electron chi connectivity index (χ0n) is 13.7. The Kier molecular flexibility index (Phi) is 5.64. The van der Waals surface area contributed by atoms with Gasteiger partial charge in [-0.3, -0.25) is 4.79 Å². The van der Waals surface area contributed by atoms with Crippen LogP contribution in [-0.2, 0) is 21.2 Å². The average molecular weight is 339 g/mol. The lowest BCUT2D eigenvalue weighted by atomic mass is 10.1. The van der Waals surface area contributed by atoms with E-state index in [1.807, 2.05) is 43.3 Å². The van der Waals surface area contributed by atoms with Gasteiger partial charge in [-0.1, -0.05) is 12.1 Å². The maximum atomic E-state index is 12.2. The zero-order chi connectivity index (χ0) is 17.0. The van der Waals surface area contributed by atoms with Gasteiger partial charge in [0.15, 0.2) is 0 Å². The summed E-state index contributed by atoms with van der Waals surface area (Å²) in [5.41, 5.74) is 2.26. The first-order valence-electron chi connectivity index (χ1n) is 7.79. The van der Waals surface area contributed by atoms with E-state index in [1.54, 1.807) is 4.90 Å². The van der Waals surface area contributed by atoms with Crippen LogP contribution < -0.4 is 10.0 Å². The molecule has 0 radical (unpaired) electrons. The Morgan fingerprint density at radius 3 is 2.52 bits per heavy atom. The molecular formula is C16H25N3O3S. The molecule has 1 aliphatic rings. The van der Waals surface area contributed by atoms with E-state index in [0.717, 1.165) is 11.3 Å². The van der Waals surface area contributed by atoms with E-state index >= 15 is 0 Å². The maximum Gasteiger partial charge on any atom is 0.222 e. The molecule has 1 aliphatic heterocycles. The number of nitrogens with two attached hydrogens (primary N) is 1. The zero-order valence-corrected chi connectivity index (χ0v) is 14.6. The molecule has 23 heavy (non-hydrogen) atoms. The lowest BCUT2D eigenvalue weighted by Gasteiger charge is -2.17. The van der Waals surface area contributed by atoms with Gasteiger partial charge in [0.25, 0.3) is 0 Å². The van der Waals surface area contributed by atoms with Crippen LogP contribution in [0.1, 0.15) is 18.4 Å². The molecule has 1 aromatic carbocycles. The Morgan fingerprint density at radius 2 is 1.96 bits per heavy atom. The molecule has 1 amide bonds. The SMILES string of the molecule is CN(C)c1ccc(CCC(=O)N2CCC(CS(N)(=O)=O)C2)cc1. The van der Waals surface area contributed by atoms with Gasteiger partial charge in [0.1, 0.15) is 0 Å². The maximum absolute atomic E-state index is 12.2. The van der Waals surface area contributed by atoms with Crippen LogP contribution in [0.15, 0.2) is 24.3 Å². The highest BCUT2D eigenvalue weighted by molar-refractivity contribution is 7.89. The Hall–Kier alpha value is -1.60. The van der Waals surface area contributed by atoms with Gasteiger partial charge in [-0.05, 0) is 36.5 Å². The summed E-state index contributed by atoms with van der Waals surface area (Å²) >= 11 is 0. The number of likely N-dealkylation sites (tertiary alicyclic amines) is 1. The van der Waals surface area contributed by atoms with Gasteiger partial charge in [0.05, 0.1) is 5.75 Å². The number of sulfonamides is 1. The van der Waals surface area contributed by atoms with Crippen molar-refractivity contribution in [3.8, 4) is 0 Å². The molecule has 0 spiro atoms. The van der Waals surface area contributed by atoms with Gasteiger partial charge in [-0.2, -0.15) is 0 Å². The van der Waals surface area contributed by atoms with Crippen LogP contribution in [0, 0.1) is 5.92 Å². The van der Waals surface area contributed by atoms with Gasteiger partial charge >= 0.3 is 0 Å². The third kappa shape index (κ3) is 5.51. The van der Waals surface area contributed by atoms with E-state index in [2.05, 4.69) is 0 Å². The van der Waals surface area contributed by atoms with Crippen molar-refractivity contribution in [3.63, 3.8) is 0 Å². The van der Waals surface area contributed by atoms with Crippen molar-refractivity contribution in [2.45, 2.75) is 19.3 Å². The van der Waals surface area contributed by atoms with Gasteiger partial charge in [-0.15, -0.1) is 0 Å². The fourth-order valence-corrected chi connectivity index (χ4v) is 3.82. The highest BCUT2D eigenvalue weighted by Crippen LogP contribution is 2.19.